The fourth-order valence-corrected chi connectivity index (χ4v) is 1.38. The molecule has 0 saturated carbocycles. The summed E-state index contributed by atoms with van der Waals surface area (Å²) in [4.78, 5) is 2.05. The second-order valence-electron chi connectivity index (χ2n) is 3.86. The molecule has 85 valence electrons. The average Bonchev–Trinajstić information content (AvgIpc) is 2.38. The summed E-state index contributed by atoms with van der Waals surface area (Å²) in [5.41, 5.74) is 2.73. The highest BCUT2D eigenvalue weighted by molar-refractivity contribution is 5.51. The van der Waals surface area contributed by atoms with E-state index in [-0.39, 0.29) is 0 Å². The molecule has 0 aliphatic heterocycles. The Hall–Kier alpha value is -2.16. The van der Waals surface area contributed by atoms with Crippen molar-refractivity contribution < 1.29 is 0 Å². The van der Waals surface area contributed by atoms with E-state index in [9.17, 15) is 0 Å². The molecule has 0 aromatic heterocycles. The summed E-state index contributed by atoms with van der Waals surface area (Å²) in [6, 6.07) is 18.4. The van der Waals surface area contributed by atoms with Gasteiger partial charge in [0.15, 0.2) is 0 Å². The van der Waals surface area contributed by atoms with Gasteiger partial charge in [0.2, 0.25) is 0 Å². The van der Waals surface area contributed by atoms with Gasteiger partial charge in [0, 0.05) is 25.8 Å². The van der Waals surface area contributed by atoms with Gasteiger partial charge in [-0.05, 0) is 30.3 Å². The van der Waals surface area contributed by atoms with Crippen molar-refractivity contribution in [3.05, 3.63) is 54.6 Å². The first-order valence-corrected chi connectivity index (χ1v) is 5.41. The third-order valence-corrected chi connectivity index (χ3v) is 2.33. The van der Waals surface area contributed by atoms with Crippen LogP contribution in [0.4, 0.5) is 17.1 Å². The molecule has 0 spiro atoms. The summed E-state index contributed by atoms with van der Waals surface area (Å²) < 4.78 is 0. The lowest BCUT2D eigenvalue weighted by Crippen LogP contribution is -2.07. The minimum Gasteiger partial charge on any atom is -0.378 e. The van der Waals surface area contributed by atoms with Gasteiger partial charge < -0.3 is 4.90 Å². The summed E-state index contributed by atoms with van der Waals surface area (Å²) in [7, 11) is 4.02. The van der Waals surface area contributed by atoms with Crippen LogP contribution in [0.1, 0.15) is 0 Å². The fourth-order valence-electron chi connectivity index (χ4n) is 1.38. The Morgan fingerprint density at radius 1 is 0.941 bits per heavy atom. The number of nitrogens with zero attached hydrogens (tertiary/aromatic N) is 3. The lowest BCUT2D eigenvalue weighted by atomic mass is 10.3. The van der Waals surface area contributed by atoms with Crippen molar-refractivity contribution in [2.75, 3.05) is 19.0 Å². The number of azo groups is 1. The van der Waals surface area contributed by atoms with Crippen molar-refractivity contribution >= 4 is 17.1 Å². The molecule has 1 radical (unpaired) electrons. The number of anilines is 1. The molecule has 2 rings (SSSR count). The molecule has 0 heterocycles. The molecule has 0 amide bonds. The smallest absolute Gasteiger partial charge is 0.0936 e. The first-order chi connectivity index (χ1) is 8.25. The molecule has 3 heteroatoms. The standard InChI is InChI=1S/C14H14N3/c1-17(2)14-10-8-13(9-11-14)16-15-12-6-4-3-5-7-12/h3-6,8-11H,1-2H3/b16-15+. The Balaban J connectivity index is 2.12. The van der Waals surface area contributed by atoms with Crippen molar-refractivity contribution in [3.63, 3.8) is 0 Å². The van der Waals surface area contributed by atoms with Gasteiger partial charge in [-0.1, -0.05) is 18.2 Å². The van der Waals surface area contributed by atoms with E-state index in [1.165, 1.54) is 0 Å². The van der Waals surface area contributed by atoms with E-state index in [0.29, 0.717) is 0 Å². The molecule has 3 nitrogen and oxygen atoms in total. The molecule has 2 aromatic carbocycles. The van der Waals surface area contributed by atoms with Gasteiger partial charge >= 0.3 is 0 Å². The van der Waals surface area contributed by atoms with Crippen LogP contribution in [0, 0.1) is 6.07 Å². The highest BCUT2D eigenvalue weighted by Gasteiger charge is 1.94. The lowest BCUT2D eigenvalue weighted by Gasteiger charge is -2.11. The average molecular weight is 224 g/mol. The van der Waals surface area contributed by atoms with Gasteiger partial charge in [-0.3, -0.25) is 0 Å². The van der Waals surface area contributed by atoms with Gasteiger partial charge in [0.05, 0.1) is 11.4 Å². The molecule has 0 saturated heterocycles. The Morgan fingerprint density at radius 3 is 2.29 bits per heavy atom. The molecule has 17 heavy (non-hydrogen) atoms. The molecule has 2 aromatic rings. The van der Waals surface area contributed by atoms with Crippen molar-refractivity contribution in [1.29, 1.82) is 0 Å². The fraction of sp³-hybridized carbons (Fsp3) is 0.143. The SMILES string of the molecule is CN(C)c1ccc(/N=N/c2[c]cccc2)cc1. The van der Waals surface area contributed by atoms with E-state index in [2.05, 4.69) is 16.3 Å². The Morgan fingerprint density at radius 2 is 1.71 bits per heavy atom. The van der Waals surface area contributed by atoms with E-state index in [1.807, 2.05) is 67.5 Å². The molecule has 0 aliphatic carbocycles. The van der Waals surface area contributed by atoms with Crippen molar-refractivity contribution in [3.8, 4) is 0 Å². The number of hydrogen-bond donors (Lipinski definition) is 0. The van der Waals surface area contributed by atoms with Crippen molar-refractivity contribution in [1.82, 2.24) is 0 Å². The van der Waals surface area contributed by atoms with Crippen LogP contribution >= 0.6 is 0 Å². The van der Waals surface area contributed by atoms with Gasteiger partial charge in [0.1, 0.15) is 0 Å². The highest BCUT2D eigenvalue weighted by Crippen LogP contribution is 2.20. The summed E-state index contributed by atoms with van der Waals surface area (Å²) in [6.07, 6.45) is 0. The van der Waals surface area contributed by atoms with Gasteiger partial charge in [-0.25, -0.2) is 0 Å². The first-order valence-electron chi connectivity index (χ1n) is 5.41. The zero-order valence-electron chi connectivity index (χ0n) is 9.96. The van der Waals surface area contributed by atoms with Crippen LogP contribution in [0.15, 0.2) is 58.8 Å². The first kappa shape index (κ1) is 11.3. The maximum Gasteiger partial charge on any atom is 0.0936 e. The number of hydrogen-bond acceptors (Lipinski definition) is 3. The molecule has 0 fully saturated rings. The molecule has 0 atom stereocenters. The molecule has 0 unspecified atom stereocenters. The normalized spacial score (nSPS) is 10.7. The minimum absolute atomic E-state index is 0.740. The molecule has 0 N–H and O–H groups in total. The van der Waals surface area contributed by atoms with Gasteiger partial charge in [-0.15, -0.1) is 5.11 Å². The van der Waals surface area contributed by atoms with Gasteiger partial charge in [-0.2, -0.15) is 5.11 Å². The van der Waals surface area contributed by atoms with Crippen LogP contribution in [0.25, 0.3) is 0 Å². The minimum atomic E-state index is 0.740. The zero-order valence-corrected chi connectivity index (χ0v) is 9.96. The van der Waals surface area contributed by atoms with Crippen LogP contribution in [0.5, 0.6) is 0 Å². The second kappa shape index (κ2) is 5.25. The Labute approximate surface area is 101 Å². The molecule has 0 aliphatic rings. The van der Waals surface area contributed by atoms with E-state index >= 15 is 0 Å². The summed E-state index contributed by atoms with van der Waals surface area (Å²) in [5.74, 6) is 0. The van der Waals surface area contributed by atoms with Crippen LogP contribution < -0.4 is 4.90 Å². The largest absolute Gasteiger partial charge is 0.378 e. The van der Waals surface area contributed by atoms with Crippen molar-refractivity contribution in [2.45, 2.75) is 0 Å². The lowest BCUT2D eigenvalue weighted by molar-refractivity contribution is 1.13. The summed E-state index contributed by atoms with van der Waals surface area (Å²) in [5, 5.41) is 8.26. The zero-order chi connectivity index (χ0) is 12.1. The van der Waals surface area contributed by atoms with E-state index in [4.69, 9.17) is 0 Å². The van der Waals surface area contributed by atoms with Gasteiger partial charge in [0.25, 0.3) is 0 Å². The maximum atomic E-state index is 4.15. The molecule has 0 bridgehead atoms. The maximum absolute atomic E-state index is 4.15. The number of benzene rings is 2. The number of rotatable bonds is 3. The highest BCUT2D eigenvalue weighted by atomic mass is 15.1. The Kier molecular flexibility index (Phi) is 3.50. The van der Waals surface area contributed by atoms with E-state index < -0.39 is 0 Å². The summed E-state index contributed by atoms with van der Waals surface area (Å²) >= 11 is 0. The van der Waals surface area contributed by atoms with E-state index in [1.54, 1.807) is 0 Å². The van der Waals surface area contributed by atoms with Crippen LogP contribution in [0.3, 0.4) is 0 Å². The van der Waals surface area contributed by atoms with Crippen LogP contribution in [-0.4, -0.2) is 14.1 Å². The third-order valence-electron chi connectivity index (χ3n) is 2.33. The Bertz CT molecular complexity index is 487. The third kappa shape index (κ3) is 3.14. The monoisotopic (exact) mass is 224 g/mol. The second-order valence-corrected chi connectivity index (χ2v) is 3.86. The molecular weight excluding hydrogens is 210 g/mol. The predicted octanol–water partition coefficient (Wildman–Crippen LogP) is 3.97. The topological polar surface area (TPSA) is 28.0 Å². The quantitative estimate of drug-likeness (QED) is 0.725. The van der Waals surface area contributed by atoms with E-state index in [0.717, 1.165) is 17.1 Å². The molecular formula is C14H14N3. The summed E-state index contributed by atoms with van der Waals surface area (Å²) in [6.45, 7) is 0. The van der Waals surface area contributed by atoms with Crippen molar-refractivity contribution in [2.24, 2.45) is 10.2 Å². The predicted molar refractivity (Wildman–Crippen MR) is 70.2 cm³/mol. The van der Waals surface area contributed by atoms with Crippen LogP contribution in [0.2, 0.25) is 0 Å². The van der Waals surface area contributed by atoms with Crippen LogP contribution in [-0.2, 0) is 0 Å².